The number of hydrogen-bond acceptors (Lipinski definition) is 7. The molecule has 3 N–H and O–H groups in total. The highest BCUT2D eigenvalue weighted by Crippen LogP contribution is 2.24. The minimum Gasteiger partial charge on any atom is -0.353 e. The summed E-state index contributed by atoms with van der Waals surface area (Å²) >= 11 is 0. The molecule has 3 heterocycles. The van der Waals surface area contributed by atoms with E-state index in [1.54, 1.807) is 17.1 Å². The van der Waals surface area contributed by atoms with Gasteiger partial charge in [0, 0.05) is 31.8 Å². The fourth-order valence-corrected chi connectivity index (χ4v) is 4.03. The molecule has 0 aromatic carbocycles. The Hall–Kier alpha value is -2.79. The van der Waals surface area contributed by atoms with Crippen LogP contribution in [0.5, 0.6) is 0 Å². The van der Waals surface area contributed by atoms with Gasteiger partial charge in [-0.05, 0) is 38.0 Å². The zero-order chi connectivity index (χ0) is 24.3. The van der Waals surface area contributed by atoms with Crippen LogP contribution in [0.4, 0.5) is 0 Å². The zero-order valence-electron chi connectivity index (χ0n) is 20.3. The van der Waals surface area contributed by atoms with Crippen molar-refractivity contribution in [3.63, 3.8) is 0 Å². The molecule has 1 aliphatic rings. The smallest absolute Gasteiger partial charge is 0.243 e. The number of hydrogen-bond donors (Lipinski definition) is 3. The Balaban J connectivity index is 1.36. The molecular formula is C23H37N7O4. The molecule has 34 heavy (non-hydrogen) atoms. The van der Waals surface area contributed by atoms with Crippen LogP contribution in [0.15, 0.2) is 18.7 Å². The van der Waals surface area contributed by atoms with Crippen molar-refractivity contribution in [1.29, 1.82) is 0 Å². The van der Waals surface area contributed by atoms with Crippen molar-refractivity contribution in [1.82, 2.24) is 35.6 Å². The van der Waals surface area contributed by atoms with Crippen molar-refractivity contribution in [3.05, 3.63) is 30.1 Å². The standard InChI is InChI=1S/C23H37N7O4/c1-16(2)10-20-6-4-7-22(34-20)33-9-5-8-30-14-19(28-29-30)13-25-23(32)21(27-17(3)31)11-18-12-24-15-26-18/h12,14-16,20-22H,4-11,13H2,1-3H3,(H,24,26)(H,25,32)(H,27,31). The average Bonchev–Trinajstić information content (AvgIpc) is 3.46. The van der Waals surface area contributed by atoms with E-state index in [1.807, 2.05) is 0 Å². The highest BCUT2D eigenvalue weighted by molar-refractivity contribution is 5.86. The SMILES string of the molecule is CC(=O)NC(Cc1cnc[nH]1)C(=O)NCc1cn(CCCOC2CCCC(CC(C)C)O2)nn1. The van der Waals surface area contributed by atoms with Gasteiger partial charge in [-0.1, -0.05) is 19.1 Å². The van der Waals surface area contributed by atoms with Crippen LogP contribution < -0.4 is 10.6 Å². The fraction of sp³-hybridized carbons (Fsp3) is 0.696. The van der Waals surface area contributed by atoms with Crippen molar-refractivity contribution in [2.75, 3.05) is 6.61 Å². The number of carbonyl (C=O) groups is 2. The molecule has 0 radical (unpaired) electrons. The first kappa shape index (κ1) is 25.8. The summed E-state index contributed by atoms with van der Waals surface area (Å²) in [6, 6.07) is -0.702. The van der Waals surface area contributed by atoms with Gasteiger partial charge >= 0.3 is 0 Å². The molecule has 3 unspecified atom stereocenters. The predicted octanol–water partition coefficient (Wildman–Crippen LogP) is 1.71. The van der Waals surface area contributed by atoms with E-state index in [0.717, 1.165) is 37.8 Å². The van der Waals surface area contributed by atoms with Crippen molar-refractivity contribution in [2.24, 2.45) is 5.92 Å². The first-order valence-corrected chi connectivity index (χ1v) is 12.1. The van der Waals surface area contributed by atoms with Gasteiger partial charge in [0.15, 0.2) is 6.29 Å². The summed E-state index contributed by atoms with van der Waals surface area (Å²) < 4.78 is 13.7. The summed E-state index contributed by atoms with van der Waals surface area (Å²) in [5.41, 5.74) is 1.40. The van der Waals surface area contributed by atoms with E-state index in [1.165, 1.54) is 13.3 Å². The number of aromatic amines is 1. The third kappa shape index (κ3) is 8.86. The van der Waals surface area contributed by atoms with E-state index in [2.05, 4.69) is 44.8 Å². The van der Waals surface area contributed by atoms with Gasteiger partial charge in [0.1, 0.15) is 11.7 Å². The lowest BCUT2D eigenvalue weighted by Gasteiger charge is -2.30. The lowest BCUT2D eigenvalue weighted by atomic mass is 9.99. The van der Waals surface area contributed by atoms with Crippen LogP contribution in [0.25, 0.3) is 0 Å². The maximum atomic E-state index is 12.6. The van der Waals surface area contributed by atoms with Gasteiger partial charge in [0.2, 0.25) is 11.8 Å². The monoisotopic (exact) mass is 475 g/mol. The molecule has 0 aliphatic carbocycles. The molecule has 3 atom stereocenters. The van der Waals surface area contributed by atoms with Gasteiger partial charge in [-0.25, -0.2) is 4.98 Å². The highest BCUT2D eigenvalue weighted by atomic mass is 16.7. The molecule has 11 nitrogen and oxygen atoms in total. The molecule has 1 saturated heterocycles. The number of aryl methyl sites for hydroxylation is 1. The number of nitrogens with one attached hydrogen (secondary N) is 3. The highest BCUT2D eigenvalue weighted by Gasteiger charge is 2.23. The summed E-state index contributed by atoms with van der Waals surface area (Å²) in [7, 11) is 0. The van der Waals surface area contributed by atoms with Gasteiger partial charge in [-0.2, -0.15) is 0 Å². The minimum absolute atomic E-state index is 0.114. The van der Waals surface area contributed by atoms with E-state index in [-0.39, 0.29) is 24.6 Å². The van der Waals surface area contributed by atoms with E-state index in [4.69, 9.17) is 9.47 Å². The third-order valence-electron chi connectivity index (χ3n) is 5.58. The quantitative estimate of drug-likeness (QED) is 0.375. The van der Waals surface area contributed by atoms with Crippen LogP contribution in [0.3, 0.4) is 0 Å². The summed E-state index contributed by atoms with van der Waals surface area (Å²) in [6.07, 6.45) is 10.5. The average molecular weight is 476 g/mol. The summed E-state index contributed by atoms with van der Waals surface area (Å²) in [4.78, 5) is 31.0. The Morgan fingerprint density at radius 2 is 2.21 bits per heavy atom. The van der Waals surface area contributed by atoms with Gasteiger partial charge < -0.3 is 25.1 Å². The minimum atomic E-state index is -0.702. The second kappa shape index (κ2) is 13.2. The molecule has 0 saturated carbocycles. The molecule has 2 aromatic rings. The summed E-state index contributed by atoms with van der Waals surface area (Å²) in [5, 5.41) is 13.7. The number of aromatic nitrogens is 5. The molecule has 0 spiro atoms. The predicted molar refractivity (Wildman–Crippen MR) is 124 cm³/mol. The van der Waals surface area contributed by atoms with Crippen LogP contribution in [0, 0.1) is 5.92 Å². The fourth-order valence-electron chi connectivity index (χ4n) is 4.03. The molecule has 2 amide bonds. The Kier molecular flexibility index (Phi) is 10.0. The number of imidazole rings is 1. The van der Waals surface area contributed by atoms with E-state index < -0.39 is 6.04 Å². The third-order valence-corrected chi connectivity index (χ3v) is 5.58. The second-order valence-corrected chi connectivity index (χ2v) is 9.20. The van der Waals surface area contributed by atoms with Crippen molar-refractivity contribution in [3.8, 4) is 0 Å². The molecule has 0 bridgehead atoms. The largest absolute Gasteiger partial charge is 0.353 e. The van der Waals surface area contributed by atoms with Crippen LogP contribution in [-0.2, 0) is 38.6 Å². The van der Waals surface area contributed by atoms with Gasteiger partial charge in [-0.15, -0.1) is 5.10 Å². The molecule has 2 aromatic heterocycles. The Bertz CT molecular complexity index is 884. The number of rotatable bonds is 13. The Morgan fingerprint density at radius 3 is 2.94 bits per heavy atom. The van der Waals surface area contributed by atoms with Crippen molar-refractivity contribution in [2.45, 2.75) is 90.8 Å². The molecular weight excluding hydrogens is 438 g/mol. The zero-order valence-corrected chi connectivity index (χ0v) is 20.3. The number of H-pyrrole nitrogens is 1. The maximum Gasteiger partial charge on any atom is 0.243 e. The van der Waals surface area contributed by atoms with Crippen molar-refractivity contribution >= 4 is 11.8 Å². The number of ether oxygens (including phenoxy) is 2. The first-order valence-electron chi connectivity index (χ1n) is 12.1. The Labute approximate surface area is 200 Å². The number of carbonyl (C=O) groups excluding carboxylic acids is 2. The van der Waals surface area contributed by atoms with Crippen LogP contribution in [0.1, 0.15) is 64.3 Å². The Morgan fingerprint density at radius 1 is 1.35 bits per heavy atom. The second-order valence-electron chi connectivity index (χ2n) is 9.20. The lowest BCUT2D eigenvalue weighted by Crippen LogP contribution is -2.47. The molecule has 188 valence electrons. The summed E-state index contributed by atoms with van der Waals surface area (Å²) in [5.74, 6) is 0.0560. The summed E-state index contributed by atoms with van der Waals surface area (Å²) in [6.45, 7) is 7.30. The van der Waals surface area contributed by atoms with Gasteiger partial charge in [0.05, 0.1) is 31.8 Å². The molecule has 11 heteroatoms. The van der Waals surface area contributed by atoms with Crippen LogP contribution in [0.2, 0.25) is 0 Å². The topological polar surface area (TPSA) is 136 Å². The number of amides is 2. The molecule has 1 aliphatic heterocycles. The van der Waals surface area contributed by atoms with Gasteiger partial charge in [0.25, 0.3) is 0 Å². The maximum absolute atomic E-state index is 12.6. The first-order chi connectivity index (χ1) is 16.4. The normalized spacial score (nSPS) is 19.2. The number of nitrogens with zero attached hydrogens (tertiary/aromatic N) is 4. The van der Waals surface area contributed by atoms with E-state index in [0.29, 0.717) is 37.3 Å². The van der Waals surface area contributed by atoms with Crippen molar-refractivity contribution < 1.29 is 19.1 Å². The van der Waals surface area contributed by atoms with Gasteiger partial charge in [-0.3, -0.25) is 14.3 Å². The molecule has 1 fully saturated rings. The lowest BCUT2D eigenvalue weighted by molar-refractivity contribution is -0.197. The van der Waals surface area contributed by atoms with E-state index in [9.17, 15) is 9.59 Å². The van der Waals surface area contributed by atoms with Crippen LogP contribution >= 0.6 is 0 Å². The van der Waals surface area contributed by atoms with Crippen LogP contribution in [-0.4, -0.2) is 61.8 Å². The molecule has 3 rings (SSSR count). The van der Waals surface area contributed by atoms with E-state index >= 15 is 0 Å².